The van der Waals surface area contributed by atoms with E-state index in [0.717, 1.165) is 24.8 Å². The van der Waals surface area contributed by atoms with Gasteiger partial charge in [-0.05, 0) is 24.5 Å². The molecule has 1 unspecified atom stereocenters. The fourth-order valence-electron chi connectivity index (χ4n) is 3.22. The number of nitrogens with one attached hydrogen (secondary N) is 1. The Morgan fingerprint density at radius 2 is 1.82 bits per heavy atom. The Kier molecular flexibility index (Phi) is 5.04. The maximum absolute atomic E-state index is 13.0. The summed E-state index contributed by atoms with van der Waals surface area (Å²) in [5.74, 6) is 0. The van der Waals surface area contributed by atoms with Crippen LogP contribution in [-0.4, -0.2) is 49.8 Å². The van der Waals surface area contributed by atoms with Gasteiger partial charge in [0.05, 0.1) is 6.04 Å². The van der Waals surface area contributed by atoms with Gasteiger partial charge in [-0.2, -0.15) is 17.0 Å². The van der Waals surface area contributed by atoms with Gasteiger partial charge in [-0.1, -0.05) is 36.2 Å². The highest BCUT2D eigenvalue weighted by molar-refractivity contribution is 7.86. The van der Waals surface area contributed by atoms with Gasteiger partial charge in [-0.15, -0.1) is 0 Å². The zero-order chi connectivity index (χ0) is 15.6. The maximum Gasteiger partial charge on any atom is 0.282 e. The van der Waals surface area contributed by atoms with E-state index >= 15 is 0 Å². The van der Waals surface area contributed by atoms with Gasteiger partial charge in [0.1, 0.15) is 0 Å². The first-order valence-corrected chi connectivity index (χ1v) is 9.60. The number of nitrogens with zero attached hydrogens (tertiary/aromatic N) is 2. The summed E-state index contributed by atoms with van der Waals surface area (Å²) in [7, 11) is -3.43. The highest BCUT2D eigenvalue weighted by Gasteiger charge is 2.38. The molecule has 0 spiro atoms. The average Bonchev–Trinajstić information content (AvgIpc) is 2.56. The van der Waals surface area contributed by atoms with E-state index in [-0.39, 0.29) is 6.04 Å². The summed E-state index contributed by atoms with van der Waals surface area (Å²) in [4.78, 5) is 0. The van der Waals surface area contributed by atoms with Crippen LogP contribution in [0.5, 0.6) is 0 Å². The van der Waals surface area contributed by atoms with Crippen LogP contribution in [-0.2, 0) is 10.2 Å². The number of rotatable bonds is 3. The highest BCUT2D eigenvalue weighted by atomic mass is 35.5. The van der Waals surface area contributed by atoms with Crippen molar-refractivity contribution in [2.24, 2.45) is 0 Å². The molecular weight excluding hydrogens is 322 g/mol. The van der Waals surface area contributed by atoms with Gasteiger partial charge in [0.25, 0.3) is 10.2 Å². The standard InChI is InChI=1S/C15H22ClN3O2S/c16-14-7-3-2-6-13(14)15-12-17-8-11-19(15)22(20,21)18-9-4-1-5-10-18/h2-3,6-7,15,17H,1,4-5,8-12H2. The topological polar surface area (TPSA) is 52.7 Å². The quantitative estimate of drug-likeness (QED) is 0.913. The molecule has 1 N–H and O–H groups in total. The molecule has 2 heterocycles. The van der Waals surface area contributed by atoms with E-state index in [2.05, 4.69) is 5.32 Å². The Bertz CT molecular complexity index is 617. The van der Waals surface area contributed by atoms with Crippen LogP contribution in [0, 0.1) is 0 Å². The second-order valence-corrected chi connectivity index (χ2v) is 8.11. The number of benzene rings is 1. The van der Waals surface area contributed by atoms with Gasteiger partial charge in [0, 0.05) is 37.7 Å². The predicted molar refractivity (Wildman–Crippen MR) is 88.1 cm³/mol. The summed E-state index contributed by atoms with van der Waals surface area (Å²) in [5.41, 5.74) is 0.872. The summed E-state index contributed by atoms with van der Waals surface area (Å²) in [6, 6.07) is 7.26. The maximum atomic E-state index is 13.0. The van der Waals surface area contributed by atoms with Gasteiger partial charge < -0.3 is 5.32 Å². The lowest BCUT2D eigenvalue weighted by Gasteiger charge is -2.39. The molecule has 7 heteroatoms. The van der Waals surface area contributed by atoms with Crippen molar-refractivity contribution in [3.63, 3.8) is 0 Å². The third kappa shape index (κ3) is 3.16. The molecule has 22 heavy (non-hydrogen) atoms. The third-order valence-corrected chi connectivity index (χ3v) is 6.79. The van der Waals surface area contributed by atoms with Crippen molar-refractivity contribution in [2.75, 3.05) is 32.7 Å². The van der Waals surface area contributed by atoms with E-state index in [1.807, 2.05) is 24.3 Å². The van der Waals surface area contributed by atoms with Crippen LogP contribution in [0.25, 0.3) is 0 Å². The number of halogens is 1. The van der Waals surface area contributed by atoms with E-state index in [0.29, 0.717) is 37.7 Å². The minimum Gasteiger partial charge on any atom is -0.313 e. The van der Waals surface area contributed by atoms with Gasteiger partial charge in [0.15, 0.2) is 0 Å². The summed E-state index contributed by atoms with van der Waals surface area (Å²) in [5, 5.41) is 3.90. The van der Waals surface area contributed by atoms with Crippen molar-refractivity contribution in [1.29, 1.82) is 0 Å². The molecule has 0 amide bonds. The molecule has 0 aliphatic carbocycles. The largest absolute Gasteiger partial charge is 0.313 e. The Morgan fingerprint density at radius 3 is 2.55 bits per heavy atom. The number of hydrogen-bond acceptors (Lipinski definition) is 3. The third-order valence-electron chi connectivity index (χ3n) is 4.40. The molecule has 1 aromatic carbocycles. The lowest BCUT2D eigenvalue weighted by Crippen LogP contribution is -2.54. The predicted octanol–water partition coefficient (Wildman–Crippen LogP) is 2.02. The Labute approximate surface area is 137 Å². The van der Waals surface area contributed by atoms with Crippen molar-refractivity contribution in [2.45, 2.75) is 25.3 Å². The van der Waals surface area contributed by atoms with Gasteiger partial charge >= 0.3 is 0 Å². The first-order chi connectivity index (χ1) is 10.6. The molecule has 2 fully saturated rings. The lowest BCUT2D eigenvalue weighted by molar-refractivity contribution is 0.237. The van der Waals surface area contributed by atoms with Crippen molar-refractivity contribution in [3.05, 3.63) is 34.9 Å². The molecule has 2 aliphatic heterocycles. The normalized spacial score (nSPS) is 25.2. The van der Waals surface area contributed by atoms with Crippen molar-refractivity contribution >= 4 is 21.8 Å². The summed E-state index contributed by atoms with van der Waals surface area (Å²) < 4.78 is 29.3. The average molecular weight is 344 g/mol. The second kappa shape index (κ2) is 6.84. The first-order valence-electron chi connectivity index (χ1n) is 7.83. The van der Waals surface area contributed by atoms with Crippen LogP contribution < -0.4 is 5.32 Å². The van der Waals surface area contributed by atoms with Crippen LogP contribution in [0.4, 0.5) is 0 Å². The molecule has 0 saturated carbocycles. The fraction of sp³-hybridized carbons (Fsp3) is 0.600. The minimum atomic E-state index is -3.43. The summed E-state index contributed by atoms with van der Waals surface area (Å²) in [6.07, 6.45) is 3.01. The molecule has 3 rings (SSSR count). The van der Waals surface area contributed by atoms with E-state index < -0.39 is 10.2 Å². The minimum absolute atomic E-state index is 0.241. The molecule has 0 bridgehead atoms. The van der Waals surface area contributed by atoms with Gasteiger partial charge in [-0.3, -0.25) is 0 Å². The molecule has 2 aliphatic rings. The fourth-order valence-corrected chi connectivity index (χ4v) is 5.33. The van der Waals surface area contributed by atoms with Crippen molar-refractivity contribution in [1.82, 2.24) is 13.9 Å². The lowest BCUT2D eigenvalue weighted by atomic mass is 10.1. The number of piperidine rings is 1. The summed E-state index contributed by atoms with van der Waals surface area (Å²) >= 11 is 6.30. The Balaban J connectivity index is 1.91. The first kappa shape index (κ1) is 16.2. The molecule has 5 nitrogen and oxygen atoms in total. The molecule has 1 atom stereocenters. The molecular formula is C15H22ClN3O2S. The molecule has 122 valence electrons. The van der Waals surface area contributed by atoms with Crippen LogP contribution in [0.15, 0.2) is 24.3 Å². The molecule has 2 saturated heterocycles. The Morgan fingerprint density at radius 1 is 1.09 bits per heavy atom. The number of piperazine rings is 1. The summed E-state index contributed by atoms with van der Waals surface area (Å²) in [6.45, 7) is 3.00. The van der Waals surface area contributed by atoms with Crippen LogP contribution >= 0.6 is 11.6 Å². The SMILES string of the molecule is O=S(=O)(N1CCCCC1)N1CCNCC1c1ccccc1Cl. The van der Waals surface area contributed by atoms with E-state index in [4.69, 9.17) is 11.6 Å². The zero-order valence-corrected chi connectivity index (χ0v) is 14.1. The molecule has 1 aromatic rings. The van der Waals surface area contributed by atoms with Crippen molar-refractivity contribution in [3.8, 4) is 0 Å². The smallest absolute Gasteiger partial charge is 0.282 e. The van der Waals surface area contributed by atoms with E-state index in [1.54, 1.807) is 8.61 Å². The van der Waals surface area contributed by atoms with Gasteiger partial charge in [-0.25, -0.2) is 0 Å². The monoisotopic (exact) mass is 343 g/mol. The zero-order valence-electron chi connectivity index (χ0n) is 12.5. The van der Waals surface area contributed by atoms with Crippen molar-refractivity contribution < 1.29 is 8.42 Å². The second-order valence-electron chi connectivity index (χ2n) is 5.82. The molecule has 0 aromatic heterocycles. The number of hydrogen-bond donors (Lipinski definition) is 1. The Hall–Kier alpha value is -0.660. The van der Waals surface area contributed by atoms with Crippen LogP contribution in [0.2, 0.25) is 5.02 Å². The van der Waals surface area contributed by atoms with Crippen LogP contribution in [0.3, 0.4) is 0 Å². The van der Waals surface area contributed by atoms with E-state index in [1.165, 1.54) is 0 Å². The van der Waals surface area contributed by atoms with Gasteiger partial charge in [0.2, 0.25) is 0 Å². The molecule has 0 radical (unpaired) electrons. The van der Waals surface area contributed by atoms with E-state index in [9.17, 15) is 8.42 Å². The highest BCUT2D eigenvalue weighted by Crippen LogP contribution is 2.32. The van der Waals surface area contributed by atoms with Crippen LogP contribution in [0.1, 0.15) is 30.9 Å².